The van der Waals surface area contributed by atoms with Crippen molar-refractivity contribution in [2.24, 2.45) is 5.92 Å². The van der Waals surface area contributed by atoms with E-state index in [9.17, 15) is 9.59 Å². The molecule has 1 aliphatic heterocycles. The van der Waals surface area contributed by atoms with E-state index in [-0.39, 0.29) is 22.4 Å². The molecule has 8 heteroatoms. The molecule has 0 aromatic heterocycles. The Kier molecular flexibility index (Phi) is 8.93. The van der Waals surface area contributed by atoms with Crippen LogP contribution < -0.4 is 10.6 Å². The Morgan fingerprint density at radius 1 is 1.09 bits per heavy atom. The number of ether oxygens (including phenoxy) is 1. The molecule has 0 radical (unpaired) electrons. The molecule has 2 N–H and O–H groups in total. The molecular weight excluding hydrogens is 449 g/mol. The SMILES string of the molecule is CC(C)CC(NC(=O)c1ccc(Cl)cc1Cl)C(=O)Nc1cccc(CN2CCOCC2)c1. The highest BCUT2D eigenvalue weighted by atomic mass is 35.5. The minimum Gasteiger partial charge on any atom is -0.379 e. The molecule has 0 saturated carbocycles. The van der Waals surface area contributed by atoms with Gasteiger partial charge >= 0.3 is 0 Å². The molecule has 0 aliphatic carbocycles. The molecule has 0 spiro atoms. The number of nitrogens with one attached hydrogen (secondary N) is 2. The summed E-state index contributed by atoms with van der Waals surface area (Å²) in [6, 6.07) is 11.8. The van der Waals surface area contributed by atoms with Gasteiger partial charge in [0.05, 0.1) is 23.8 Å². The van der Waals surface area contributed by atoms with Crippen LogP contribution in [0.3, 0.4) is 0 Å². The molecule has 1 heterocycles. The fourth-order valence-corrected chi connectivity index (χ4v) is 4.10. The van der Waals surface area contributed by atoms with E-state index in [1.165, 1.54) is 6.07 Å². The Balaban J connectivity index is 1.67. The topological polar surface area (TPSA) is 70.7 Å². The van der Waals surface area contributed by atoms with Crippen LogP contribution in [0.25, 0.3) is 0 Å². The lowest BCUT2D eigenvalue weighted by atomic mass is 10.0. The van der Waals surface area contributed by atoms with E-state index in [1.54, 1.807) is 12.1 Å². The molecule has 172 valence electrons. The lowest BCUT2D eigenvalue weighted by Gasteiger charge is -2.26. The first-order valence-electron chi connectivity index (χ1n) is 10.8. The van der Waals surface area contributed by atoms with Crippen LogP contribution in [0.4, 0.5) is 5.69 Å². The van der Waals surface area contributed by atoms with Crippen molar-refractivity contribution in [1.82, 2.24) is 10.2 Å². The van der Waals surface area contributed by atoms with Gasteiger partial charge in [-0.15, -0.1) is 0 Å². The van der Waals surface area contributed by atoms with Crippen molar-refractivity contribution < 1.29 is 14.3 Å². The highest BCUT2D eigenvalue weighted by Crippen LogP contribution is 2.21. The zero-order chi connectivity index (χ0) is 23.1. The van der Waals surface area contributed by atoms with Gasteiger partial charge in [0.15, 0.2) is 0 Å². The molecule has 2 amide bonds. The Bertz CT molecular complexity index is 946. The van der Waals surface area contributed by atoms with Crippen LogP contribution >= 0.6 is 23.2 Å². The number of anilines is 1. The fraction of sp³-hybridized carbons (Fsp3) is 0.417. The number of rotatable bonds is 8. The smallest absolute Gasteiger partial charge is 0.253 e. The van der Waals surface area contributed by atoms with Crippen molar-refractivity contribution in [2.75, 3.05) is 31.6 Å². The molecule has 2 aromatic carbocycles. The van der Waals surface area contributed by atoms with Gasteiger partial charge in [0.1, 0.15) is 6.04 Å². The van der Waals surface area contributed by atoms with E-state index in [4.69, 9.17) is 27.9 Å². The van der Waals surface area contributed by atoms with Crippen LogP contribution in [-0.2, 0) is 16.1 Å². The van der Waals surface area contributed by atoms with Crippen molar-refractivity contribution in [1.29, 1.82) is 0 Å². The number of nitrogens with zero attached hydrogens (tertiary/aromatic N) is 1. The van der Waals surface area contributed by atoms with Crippen molar-refractivity contribution in [3.05, 3.63) is 63.6 Å². The number of hydrogen-bond acceptors (Lipinski definition) is 4. The number of halogens is 2. The van der Waals surface area contributed by atoms with Crippen LogP contribution in [0.2, 0.25) is 10.0 Å². The third kappa shape index (κ3) is 7.20. The first-order valence-corrected chi connectivity index (χ1v) is 11.5. The second-order valence-electron chi connectivity index (χ2n) is 8.36. The Labute approximate surface area is 199 Å². The maximum absolute atomic E-state index is 13.0. The van der Waals surface area contributed by atoms with E-state index in [2.05, 4.69) is 15.5 Å². The van der Waals surface area contributed by atoms with Gasteiger partial charge in [-0.2, -0.15) is 0 Å². The summed E-state index contributed by atoms with van der Waals surface area (Å²) in [6.45, 7) is 8.08. The van der Waals surface area contributed by atoms with Gasteiger partial charge in [0.2, 0.25) is 5.91 Å². The van der Waals surface area contributed by atoms with Crippen LogP contribution in [-0.4, -0.2) is 49.1 Å². The summed E-state index contributed by atoms with van der Waals surface area (Å²) in [7, 11) is 0. The van der Waals surface area contributed by atoms with E-state index in [1.807, 2.05) is 38.1 Å². The van der Waals surface area contributed by atoms with Gasteiger partial charge in [0, 0.05) is 30.3 Å². The maximum atomic E-state index is 13.0. The third-order valence-electron chi connectivity index (χ3n) is 5.21. The largest absolute Gasteiger partial charge is 0.379 e. The van der Waals surface area contributed by atoms with Gasteiger partial charge in [0.25, 0.3) is 5.91 Å². The van der Waals surface area contributed by atoms with Crippen LogP contribution in [0.5, 0.6) is 0 Å². The van der Waals surface area contributed by atoms with Gasteiger partial charge in [-0.1, -0.05) is 49.2 Å². The van der Waals surface area contributed by atoms with E-state index in [0.717, 1.165) is 38.4 Å². The molecule has 32 heavy (non-hydrogen) atoms. The lowest BCUT2D eigenvalue weighted by molar-refractivity contribution is -0.118. The Hall–Kier alpha value is -2.12. The number of benzene rings is 2. The first kappa shape index (κ1) is 24.5. The zero-order valence-corrected chi connectivity index (χ0v) is 19.9. The number of amides is 2. The van der Waals surface area contributed by atoms with Crippen molar-refractivity contribution in [3.63, 3.8) is 0 Å². The summed E-state index contributed by atoms with van der Waals surface area (Å²) in [5.41, 5.74) is 2.10. The van der Waals surface area contributed by atoms with E-state index < -0.39 is 11.9 Å². The Morgan fingerprint density at radius 2 is 1.84 bits per heavy atom. The summed E-state index contributed by atoms with van der Waals surface area (Å²) >= 11 is 12.1. The highest BCUT2D eigenvalue weighted by Gasteiger charge is 2.24. The minimum atomic E-state index is -0.697. The monoisotopic (exact) mass is 477 g/mol. The lowest BCUT2D eigenvalue weighted by Crippen LogP contribution is -2.44. The molecule has 1 saturated heterocycles. The van der Waals surface area contributed by atoms with Gasteiger partial charge in [-0.05, 0) is 48.2 Å². The summed E-state index contributed by atoms with van der Waals surface area (Å²) < 4.78 is 5.40. The van der Waals surface area contributed by atoms with Crippen LogP contribution in [0, 0.1) is 5.92 Å². The summed E-state index contributed by atoms with van der Waals surface area (Å²) in [4.78, 5) is 28.1. The minimum absolute atomic E-state index is 0.208. The average molecular weight is 478 g/mol. The Morgan fingerprint density at radius 3 is 2.53 bits per heavy atom. The fourth-order valence-electron chi connectivity index (χ4n) is 3.61. The van der Waals surface area contributed by atoms with E-state index >= 15 is 0 Å². The summed E-state index contributed by atoms with van der Waals surface area (Å²) in [5, 5.41) is 6.47. The number of carbonyl (C=O) groups is 2. The summed E-state index contributed by atoms with van der Waals surface area (Å²) in [6.07, 6.45) is 0.496. The van der Waals surface area contributed by atoms with Crippen LogP contribution in [0.15, 0.2) is 42.5 Å². The van der Waals surface area contributed by atoms with Crippen LogP contribution in [0.1, 0.15) is 36.2 Å². The quantitative estimate of drug-likeness (QED) is 0.582. The molecule has 3 rings (SSSR count). The first-order chi connectivity index (χ1) is 15.3. The van der Waals surface area contributed by atoms with Gasteiger partial charge < -0.3 is 15.4 Å². The maximum Gasteiger partial charge on any atom is 0.253 e. The number of hydrogen-bond donors (Lipinski definition) is 2. The number of carbonyl (C=O) groups excluding carboxylic acids is 2. The second-order valence-corrected chi connectivity index (χ2v) is 9.20. The molecular formula is C24H29Cl2N3O3. The van der Waals surface area contributed by atoms with E-state index in [0.29, 0.717) is 17.1 Å². The molecule has 0 bridgehead atoms. The molecule has 1 unspecified atom stereocenters. The van der Waals surface area contributed by atoms with Gasteiger partial charge in [-0.3, -0.25) is 14.5 Å². The average Bonchev–Trinajstić information content (AvgIpc) is 2.74. The molecule has 2 aromatic rings. The third-order valence-corrected chi connectivity index (χ3v) is 5.76. The predicted octanol–water partition coefficient (Wildman–Crippen LogP) is 4.61. The molecule has 1 aliphatic rings. The normalized spacial score (nSPS) is 15.4. The molecule has 1 fully saturated rings. The number of morpholine rings is 1. The van der Waals surface area contributed by atoms with Crippen molar-refractivity contribution in [3.8, 4) is 0 Å². The molecule has 6 nitrogen and oxygen atoms in total. The predicted molar refractivity (Wildman–Crippen MR) is 128 cm³/mol. The molecule has 1 atom stereocenters. The highest BCUT2D eigenvalue weighted by molar-refractivity contribution is 6.36. The standard InChI is InChI=1S/C24H29Cl2N3O3/c1-16(2)12-22(28-23(30)20-7-6-18(25)14-21(20)26)24(31)27-19-5-3-4-17(13-19)15-29-8-10-32-11-9-29/h3-7,13-14,16,22H,8-12,15H2,1-2H3,(H,27,31)(H,28,30). The zero-order valence-electron chi connectivity index (χ0n) is 18.4. The second kappa shape index (κ2) is 11.7. The van der Waals surface area contributed by atoms with Crippen molar-refractivity contribution >= 4 is 40.7 Å². The summed E-state index contributed by atoms with van der Waals surface area (Å²) in [5.74, 6) is -0.464. The van der Waals surface area contributed by atoms with Gasteiger partial charge in [-0.25, -0.2) is 0 Å². The van der Waals surface area contributed by atoms with Crippen molar-refractivity contribution in [2.45, 2.75) is 32.9 Å².